The maximum absolute atomic E-state index is 5.86. The number of piperidine rings is 1. The average molecular weight is 479 g/mol. The predicted molar refractivity (Wildman–Crippen MR) is 139 cm³/mol. The molecule has 0 aliphatic carbocycles. The lowest BCUT2D eigenvalue weighted by Crippen LogP contribution is -2.46. The standard InChI is InChI=1S/C29H38N2O4/c1-6-18-17-31-12-10-21-25(32-2)7-8-26(33-3)29(21)24(31)14-20(18)13-23-22-16-28(35-5)27(34-4)15-19(22)9-11-30-23/h7-8,15-16,18,20,24H,6,9-14,17H2,1-5H3/t18-,20-,24+/m1/s1. The van der Waals surface area contributed by atoms with Crippen LogP contribution in [0.3, 0.4) is 0 Å². The molecule has 2 aromatic carbocycles. The molecule has 6 heteroatoms. The van der Waals surface area contributed by atoms with Crippen LogP contribution in [-0.4, -0.2) is 58.7 Å². The summed E-state index contributed by atoms with van der Waals surface area (Å²) in [5, 5.41) is 0. The lowest BCUT2D eigenvalue weighted by atomic mass is 9.73. The second-order valence-electron chi connectivity index (χ2n) is 9.93. The summed E-state index contributed by atoms with van der Waals surface area (Å²) in [4.78, 5) is 7.72. The van der Waals surface area contributed by atoms with Crippen molar-refractivity contribution in [2.45, 2.75) is 45.1 Å². The van der Waals surface area contributed by atoms with E-state index in [2.05, 4.69) is 36.1 Å². The van der Waals surface area contributed by atoms with Crippen molar-refractivity contribution in [1.29, 1.82) is 0 Å². The zero-order valence-corrected chi connectivity index (χ0v) is 21.7. The van der Waals surface area contributed by atoms with Crippen molar-refractivity contribution in [2.75, 3.05) is 48.1 Å². The highest BCUT2D eigenvalue weighted by Crippen LogP contribution is 2.48. The van der Waals surface area contributed by atoms with Crippen LogP contribution in [0, 0.1) is 11.8 Å². The first-order chi connectivity index (χ1) is 17.1. The van der Waals surface area contributed by atoms with Gasteiger partial charge in [-0.05, 0) is 67.3 Å². The Kier molecular flexibility index (Phi) is 6.92. The third kappa shape index (κ3) is 4.26. The lowest BCUT2D eigenvalue weighted by molar-refractivity contribution is 0.0529. The molecule has 0 saturated carbocycles. The molecule has 3 atom stereocenters. The van der Waals surface area contributed by atoms with E-state index in [0.29, 0.717) is 17.9 Å². The van der Waals surface area contributed by atoms with Crippen LogP contribution in [0.25, 0.3) is 0 Å². The number of fused-ring (bicyclic) bond motifs is 4. The zero-order valence-electron chi connectivity index (χ0n) is 21.7. The van der Waals surface area contributed by atoms with Gasteiger partial charge in [-0.2, -0.15) is 0 Å². The first-order valence-electron chi connectivity index (χ1n) is 12.9. The van der Waals surface area contributed by atoms with E-state index in [9.17, 15) is 0 Å². The van der Waals surface area contributed by atoms with Crippen molar-refractivity contribution in [3.8, 4) is 23.0 Å². The second-order valence-corrected chi connectivity index (χ2v) is 9.93. The van der Waals surface area contributed by atoms with E-state index >= 15 is 0 Å². The molecule has 0 radical (unpaired) electrons. The predicted octanol–water partition coefficient (Wildman–Crippen LogP) is 5.10. The zero-order chi connectivity index (χ0) is 24.5. The quantitative estimate of drug-likeness (QED) is 0.554. The molecule has 2 aromatic rings. The number of aliphatic imine (C=N–C) groups is 1. The van der Waals surface area contributed by atoms with E-state index in [1.807, 2.05) is 0 Å². The Morgan fingerprint density at radius 1 is 0.886 bits per heavy atom. The van der Waals surface area contributed by atoms with E-state index < -0.39 is 0 Å². The Bertz CT molecular complexity index is 1110. The molecule has 0 bridgehead atoms. The van der Waals surface area contributed by atoms with Gasteiger partial charge in [-0.25, -0.2) is 0 Å². The maximum atomic E-state index is 5.86. The molecule has 3 aliphatic heterocycles. The first kappa shape index (κ1) is 24.0. The van der Waals surface area contributed by atoms with Crippen molar-refractivity contribution >= 4 is 5.71 Å². The van der Waals surface area contributed by atoms with E-state index in [-0.39, 0.29) is 0 Å². The topological polar surface area (TPSA) is 52.5 Å². The Morgan fingerprint density at radius 2 is 1.60 bits per heavy atom. The van der Waals surface area contributed by atoms with Crippen LogP contribution in [-0.2, 0) is 12.8 Å². The fourth-order valence-corrected chi connectivity index (χ4v) is 6.55. The SMILES string of the molecule is CC[C@@H]1CN2CCc3c(OC)ccc(OC)c3[C@@H]2C[C@H]1CC1=NCCc2cc(OC)c(OC)cc21. The van der Waals surface area contributed by atoms with Crippen LogP contribution in [0.4, 0.5) is 0 Å². The summed E-state index contributed by atoms with van der Waals surface area (Å²) in [5.74, 6) is 4.76. The van der Waals surface area contributed by atoms with Gasteiger partial charge in [0.05, 0.1) is 28.4 Å². The molecule has 3 heterocycles. The van der Waals surface area contributed by atoms with Gasteiger partial charge in [0.2, 0.25) is 0 Å². The molecule has 1 fully saturated rings. The van der Waals surface area contributed by atoms with Gasteiger partial charge in [-0.3, -0.25) is 9.89 Å². The fraction of sp³-hybridized carbons (Fsp3) is 0.552. The second kappa shape index (κ2) is 10.1. The first-order valence-corrected chi connectivity index (χ1v) is 12.9. The van der Waals surface area contributed by atoms with Crippen LogP contribution >= 0.6 is 0 Å². The Hall–Kier alpha value is -2.73. The van der Waals surface area contributed by atoms with Crippen molar-refractivity contribution in [1.82, 2.24) is 4.90 Å². The van der Waals surface area contributed by atoms with Gasteiger partial charge in [0.15, 0.2) is 11.5 Å². The van der Waals surface area contributed by atoms with E-state index in [0.717, 1.165) is 68.3 Å². The summed E-state index contributed by atoms with van der Waals surface area (Å²) in [6.45, 7) is 5.37. The molecule has 0 aromatic heterocycles. The van der Waals surface area contributed by atoms with Crippen molar-refractivity contribution in [2.24, 2.45) is 16.8 Å². The van der Waals surface area contributed by atoms with Crippen LogP contribution in [0.15, 0.2) is 29.3 Å². The Labute approximate surface area is 209 Å². The molecule has 6 nitrogen and oxygen atoms in total. The number of hydrogen-bond acceptors (Lipinski definition) is 6. The third-order valence-corrected chi connectivity index (χ3v) is 8.38. The van der Waals surface area contributed by atoms with Crippen molar-refractivity contribution in [3.05, 3.63) is 46.5 Å². The van der Waals surface area contributed by atoms with Gasteiger partial charge >= 0.3 is 0 Å². The van der Waals surface area contributed by atoms with E-state index in [4.69, 9.17) is 23.9 Å². The number of rotatable bonds is 7. The molecule has 0 N–H and O–H groups in total. The minimum Gasteiger partial charge on any atom is -0.496 e. The highest BCUT2D eigenvalue weighted by Gasteiger charge is 2.41. The van der Waals surface area contributed by atoms with Gasteiger partial charge in [-0.1, -0.05) is 13.3 Å². The normalized spacial score (nSPS) is 23.5. The number of nitrogens with zero attached hydrogens (tertiary/aromatic N) is 2. The molecule has 35 heavy (non-hydrogen) atoms. The number of benzene rings is 2. The number of ether oxygens (including phenoxy) is 4. The van der Waals surface area contributed by atoms with Gasteiger partial charge in [0, 0.05) is 48.1 Å². The summed E-state index contributed by atoms with van der Waals surface area (Å²) in [6.07, 6.45) is 5.24. The smallest absolute Gasteiger partial charge is 0.161 e. The molecule has 0 spiro atoms. The molecule has 1 saturated heterocycles. The van der Waals surface area contributed by atoms with Gasteiger partial charge in [0.25, 0.3) is 0 Å². The molecule has 188 valence electrons. The summed E-state index contributed by atoms with van der Waals surface area (Å²) in [5.41, 5.74) is 6.41. The number of hydrogen-bond donors (Lipinski definition) is 0. The van der Waals surface area contributed by atoms with Crippen LogP contribution in [0.1, 0.15) is 54.5 Å². The molecular formula is C29H38N2O4. The lowest BCUT2D eigenvalue weighted by Gasteiger charge is -2.48. The molecule has 0 unspecified atom stereocenters. The molecular weight excluding hydrogens is 440 g/mol. The molecule has 3 aliphatic rings. The Balaban J connectivity index is 1.47. The van der Waals surface area contributed by atoms with Gasteiger partial charge < -0.3 is 18.9 Å². The van der Waals surface area contributed by atoms with Crippen molar-refractivity contribution < 1.29 is 18.9 Å². The summed E-state index contributed by atoms with van der Waals surface area (Å²) in [7, 11) is 6.96. The average Bonchev–Trinajstić information content (AvgIpc) is 2.91. The van der Waals surface area contributed by atoms with E-state index in [1.165, 1.54) is 34.4 Å². The van der Waals surface area contributed by atoms with Crippen LogP contribution < -0.4 is 18.9 Å². The summed E-state index contributed by atoms with van der Waals surface area (Å²) in [6, 6.07) is 8.75. The monoisotopic (exact) mass is 478 g/mol. The van der Waals surface area contributed by atoms with Gasteiger partial charge in [-0.15, -0.1) is 0 Å². The van der Waals surface area contributed by atoms with E-state index in [1.54, 1.807) is 28.4 Å². The fourth-order valence-electron chi connectivity index (χ4n) is 6.55. The minimum absolute atomic E-state index is 0.352. The molecule has 0 amide bonds. The highest BCUT2D eigenvalue weighted by atomic mass is 16.5. The maximum Gasteiger partial charge on any atom is 0.161 e. The third-order valence-electron chi connectivity index (χ3n) is 8.38. The molecule has 5 rings (SSSR count). The Morgan fingerprint density at radius 3 is 2.31 bits per heavy atom. The van der Waals surface area contributed by atoms with Crippen molar-refractivity contribution in [3.63, 3.8) is 0 Å². The highest BCUT2D eigenvalue weighted by molar-refractivity contribution is 6.03. The van der Waals surface area contributed by atoms with Crippen LogP contribution in [0.2, 0.25) is 0 Å². The van der Waals surface area contributed by atoms with Gasteiger partial charge in [0.1, 0.15) is 11.5 Å². The minimum atomic E-state index is 0.352. The summed E-state index contributed by atoms with van der Waals surface area (Å²) < 4.78 is 22.8. The number of methoxy groups -OCH3 is 4. The largest absolute Gasteiger partial charge is 0.496 e. The summed E-state index contributed by atoms with van der Waals surface area (Å²) >= 11 is 0. The van der Waals surface area contributed by atoms with Crippen LogP contribution in [0.5, 0.6) is 23.0 Å².